The van der Waals surface area contributed by atoms with Crippen LogP contribution in [-0.4, -0.2) is 0 Å². The summed E-state index contributed by atoms with van der Waals surface area (Å²) < 4.78 is 33.8. The van der Waals surface area contributed by atoms with Gasteiger partial charge in [0.2, 0.25) is 22.8 Å². The van der Waals surface area contributed by atoms with E-state index in [1.54, 1.807) is 0 Å². The van der Waals surface area contributed by atoms with E-state index >= 15 is 0 Å². The molecule has 0 saturated carbocycles. The molecule has 0 aliphatic heterocycles. The van der Waals surface area contributed by atoms with Crippen LogP contribution in [0.4, 0.5) is 0 Å². The van der Waals surface area contributed by atoms with Gasteiger partial charge in [0.25, 0.3) is 0 Å². The second-order valence-corrected chi connectivity index (χ2v) is 26.4. The van der Waals surface area contributed by atoms with Gasteiger partial charge in [-0.15, -0.1) is 0 Å². The maximum Gasteiger partial charge on any atom is 0.216 e. The highest BCUT2D eigenvalue weighted by atomic mass is 16.3. The molecule has 8 nitrogen and oxygen atoms in total. The van der Waals surface area contributed by atoms with Crippen LogP contribution in [0.2, 0.25) is 0 Å². The molecule has 468 valence electrons. The van der Waals surface area contributed by atoms with Crippen LogP contribution in [0, 0.1) is 76.2 Å². The summed E-state index contributed by atoms with van der Waals surface area (Å²) in [6, 6.07) is 59.7. The molecular formula is C86H84N4O4+4. The zero-order valence-electron chi connectivity index (χ0n) is 57.5. The molecule has 0 amide bonds. The molecule has 0 radical (unpaired) electrons. The Morgan fingerprint density at radius 1 is 0.277 bits per heavy atom. The van der Waals surface area contributed by atoms with Gasteiger partial charge in [-0.3, -0.25) is 0 Å². The predicted molar refractivity (Wildman–Crippen MR) is 388 cm³/mol. The van der Waals surface area contributed by atoms with Crippen molar-refractivity contribution in [3.05, 3.63) is 261 Å². The third kappa shape index (κ3) is 11.2. The lowest BCUT2D eigenvalue weighted by Gasteiger charge is -2.09. The molecule has 0 aliphatic rings. The van der Waals surface area contributed by atoms with E-state index in [-0.39, 0.29) is 0 Å². The van der Waals surface area contributed by atoms with Crippen LogP contribution in [0.1, 0.15) is 86.5 Å². The Morgan fingerprint density at radius 2 is 0.649 bits per heavy atom. The monoisotopic (exact) mass is 1240 g/mol. The maximum atomic E-state index is 6.31. The molecule has 16 aromatic rings. The van der Waals surface area contributed by atoms with E-state index < -0.39 is 0 Å². The number of nitrogens with zero attached hydrogens (tertiary/aromatic N) is 4. The van der Waals surface area contributed by atoms with Gasteiger partial charge < -0.3 is 17.7 Å². The maximum absolute atomic E-state index is 6.31. The van der Waals surface area contributed by atoms with Gasteiger partial charge in [-0.1, -0.05) is 123 Å². The van der Waals surface area contributed by atoms with Crippen molar-refractivity contribution in [2.75, 3.05) is 0 Å². The Bertz CT molecular complexity index is 5670. The van der Waals surface area contributed by atoms with Crippen molar-refractivity contribution < 1.29 is 35.9 Å². The van der Waals surface area contributed by atoms with E-state index in [0.717, 1.165) is 44.7 Å². The van der Waals surface area contributed by atoms with E-state index in [4.69, 9.17) is 17.7 Å². The van der Waals surface area contributed by atoms with Crippen LogP contribution < -0.4 is 18.3 Å². The molecule has 0 aliphatic carbocycles. The molecule has 8 heterocycles. The highest BCUT2D eigenvalue weighted by molar-refractivity contribution is 6.14. The van der Waals surface area contributed by atoms with Gasteiger partial charge in [-0.25, -0.2) is 18.3 Å². The molecule has 0 atom stereocenters. The number of rotatable bonds is 5. The highest BCUT2D eigenvalue weighted by Crippen LogP contribution is 2.43. The smallest absolute Gasteiger partial charge is 0.216 e. The fourth-order valence-electron chi connectivity index (χ4n) is 14.0. The summed E-state index contributed by atoms with van der Waals surface area (Å²) >= 11 is 0. The fourth-order valence-corrected chi connectivity index (χ4v) is 14.0. The second kappa shape index (κ2) is 24.9. The van der Waals surface area contributed by atoms with Crippen molar-refractivity contribution >= 4 is 87.8 Å². The zero-order valence-corrected chi connectivity index (χ0v) is 57.5. The summed E-state index contributed by atoms with van der Waals surface area (Å²) in [4.78, 5) is 0. The molecule has 0 fully saturated rings. The normalized spacial score (nSPS) is 11.6. The fraction of sp³-hybridized carbons (Fsp3) is 0.209. The number of benzene rings is 8. The summed E-state index contributed by atoms with van der Waals surface area (Å²) in [5, 5.41) is 9.55. The van der Waals surface area contributed by atoms with Gasteiger partial charge in [-0.05, 0) is 162 Å². The molecule has 0 unspecified atom stereocenters. The van der Waals surface area contributed by atoms with Crippen LogP contribution in [0.15, 0.2) is 212 Å². The van der Waals surface area contributed by atoms with Gasteiger partial charge in [0.15, 0.2) is 24.8 Å². The first kappa shape index (κ1) is 62.4. The molecule has 0 bridgehead atoms. The molecule has 0 N–H and O–H groups in total. The number of para-hydroxylation sites is 4. The Kier molecular flexibility index (Phi) is 16.5. The van der Waals surface area contributed by atoms with E-state index in [1.807, 2.05) is 48.5 Å². The topological polar surface area (TPSA) is 68.1 Å². The number of aryl methyl sites for hydroxylation is 15. The van der Waals surface area contributed by atoms with Crippen LogP contribution in [0.25, 0.3) is 133 Å². The third-order valence-electron chi connectivity index (χ3n) is 19.2. The van der Waals surface area contributed by atoms with Gasteiger partial charge in [0, 0.05) is 90.1 Å². The molecule has 8 heteroatoms. The standard InChI is InChI=1S/2C22H22NO.2C21H20NO/c1-13-11-18(23(5)12-16(13)4)21-15(3)10-14(2)20-17-8-6-7-9-19(17)24-22(20)21;1-14(2)16-11-12-23(4)19(13-16)21-15(3)9-10-18-17-7-5-6-8-20(17)24-22(18)21;1-13-9-10-17-16-7-5-6-8-19(16)23-21(17)20(13)18-11-14(2)15(3)12-22(18)4;1-13-9-10-17(22(4)12-13)20-15(3)11-14(2)19-16-7-5-6-8-18(16)23-21(19)20/h6-12H,1-5H3;5-14H,1-4H3;2*5-12H,1-4H3/q4*+1. The number of furan rings is 4. The van der Waals surface area contributed by atoms with E-state index in [9.17, 15) is 0 Å². The summed E-state index contributed by atoms with van der Waals surface area (Å²) in [7, 11) is 8.40. The van der Waals surface area contributed by atoms with Gasteiger partial charge in [0.05, 0.1) is 22.3 Å². The second-order valence-electron chi connectivity index (χ2n) is 26.4. The predicted octanol–water partition coefficient (Wildman–Crippen LogP) is 20.8. The summed E-state index contributed by atoms with van der Waals surface area (Å²) in [5.41, 5.74) is 32.5. The molecule has 16 rings (SSSR count). The Labute approximate surface area is 551 Å². The van der Waals surface area contributed by atoms with E-state index in [2.05, 4.69) is 283 Å². The van der Waals surface area contributed by atoms with Crippen molar-refractivity contribution in [1.29, 1.82) is 0 Å². The molecule has 8 aromatic carbocycles. The average Bonchev–Trinajstić information content (AvgIpc) is 1.67. The molecular weight excluding hydrogens is 1150 g/mol. The van der Waals surface area contributed by atoms with E-state index in [1.165, 1.54) is 155 Å². The number of fused-ring (bicyclic) bond motifs is 12. The minimum absolute atomic E-state index is 0.500. The lowest BCUT2D eigenvalue weighted by atomic mass is 9.96. The number of hydrogen-bond donors (Lipinski definition) is 0. The molecule has 0 spiro atoms. The first-order valence-corrected chi connectivity index (χ1v) is 32.7. The summed E-state index contributed by atoms with van der Waals surface area (Å²) in [6.07, 6.45) is 8.68. The molecule has 8 aromatic heterocycles. The lowest BCUT2D eigenvalue weighted by Crippen LogP contribution is -2.31. The largest absolute Gasteiger partial charge is 0.455 e. The van der Waals surface area contributed by atoms with Crippen molar-refractivity contribution in [2.24, 2.45) is 28.2 Å². The first-order valence-electron chi connectivity index (χ1n) is 32.7. The van der Waals surface area contributed by atoms with Crippen molar-refractivity contribution in [1.82, 2.24) is 0 Å². The molecule has 0 saturated heterocycles. The van der Waals surface area contributed by atoms with Gasteiger partial charge in [0.1, 0.15) is 72.9 Å². The van der Waals surface area contributed by atoms with Crippen LogP contribution in [-0.2, 0) is 28.2 Å². The number of pyridine rings is 4. The molecule has 94 heavy (non-hydrogen) atoms. The SMILES string of the molecule is Cc1cc(-c2c(C)cc(C)c3c2oc2ccccc23)[n+](C)cc1C.Cc1cc(-c2c(C)ccc3c2oc2ccccc23)[n+](C)cc1C.Cc1ccc(-c2c(C)cc(C)c3c2oc2ccccc23)[n+](C)c1.Cc1ccc2c(oc3ccccc32)c1-c1cc(C(C)C)cc[n+]1C. The average molecular weight is 1240 g/mol. The van der Waals surface area contributed by atoms with Gasteiger partial charge in [-0.2, -0.15) is 0 Å². The number of hydrogen-bond acceptors (Lipinski definition) is 4. The van der Waals surface area contributed by atoms with Crippen LogP contribution in [0.3, 0.4) is 0 Å². The van der Waals surface area contributed by atoms with Gasteiger partial charge >= 0.3 is 0 Å². The first-order chi connectivity index (χ1) is 45.1. The Balaban J connectivity index is 0.000000114. The minimum atomic E-state index is 0.500. The summed E-state index contributed by atoms with van der Waals surface area (Å²) in [5.74, 6) is 0.500. The van der Waals surface area contributed by atoms with E-state index in [0.29, 0.717) is 5.92 Å². The highest BCUT2D eigenvalue weighted by Gasteiger charge is 2.27. The lowest BCUT2D eigenvalue weighted by molar-refractivity contribution is -0.660. The van der Waals surface area contributed by atoms with Crippen molar-refractivity contribution in [3.8, 4) is 45.0 Å². The van der Waals surface area contributed by atoms with Crippen molar-refractivity contribution in [2.45, 2.75) is 95.9 Å². The zero-order chi connectivity index (χ0) is 66.1. The Morgan fingerprint density at radius 3 is 1.09 bits per heavy atom. The Hall–Kier alpha value is -10.4. The number of aromatic nitrogens is 4. The minimum Gasteiger partial charge on any atom is -0.455 e. The van der Waals surface area contributed by atoms with Crippen LogP contribution in [0.5, 0.6) is 0 Å². The third-order valence-corrected chi connectivity index (χ3v) is 19.2. The quantitative estimate of drug-likeness (QED) is 0.161. The van der Waals surface area contributed by atoms with Crippen molar-refractivity contribution in [3.63, 3.8) is 0 Å². The van der Waals surface area contributed by atoms with Crippen LogP contribution >= 0.6 is 0 Å². The summed E-state index contributed by atoms with van der Waals surface area (Å²) in [6.45, 7) is 28.2.